The van der Waals surface area contributed by atoms with Crippen LogP contribution in [-0.4, -0.2) is 37.3 Å². The van der Waals surface area contributed by atoms with Crippen molar-refractivity contribution in [1.29, 1.82) is 0 Å². The van der Waals surface area contributed by atoms with Gasteiger partial charge in [-0.2, -0.15) is 0 Å². The van der Waals surface area contributed by atoms with E-state index in [-0.39, 0.29) is 0 Å². The van der Waals surface area contributed by atoms with Crippen molar-refractivity contribution in [3.63, 3.8) is 0 Å². The zero-order valence-corrected chi connectivity index (χ0v) is 11.4. The summed E-state index contributed by atoms with van der Waals surface area (Å²) in [6.07, 6.45) is 8.66. The fourth-order valence-corrected chi connectivity index (χ4v) is 2.44. The predicted octanol–water partition coefficient (Wildman–Crippen LogP) is 2.19. The molecule has 1 saturated heterocycles. The van der Waals surface area contributed by atoms with Crippen molar-refractivity contribution in [1.82, 2.24) is 10.3 Å². The van der Waals surface area contributed by atoms with Crippen molar-refractivity contribution in [3.05, 3.63) is 37.4 Å². The summed E-state index contributed by atoms with van der Waals surface area (Å²) in [5.74, 6) is 0. The highest BCUT2D eigenvalue weighted by Gasteiger charge is 2.18. The van der Waals surface area contributed by atoms with Crippen LogP contribution in [0.5, 0.6) is 0 Å². The fraction of sp³-hybridized carbons (Fsp3) is 0.533. The highest BCUT2D eigenvalue weighted by atomic mass is 16.5. The lowest BCUT2D eigenvalue weighted by atomic mass is 10.0. The minimum Gasteiger partial charge on any atom is -0.502 e. The van der Waals surface area contributed by atoms with E-state index in [1.165, 1.54) is 24.8 Å². The smallest absolute Gasteiger partial charge is 0.0885 e. The fourth-order valence-electron chi connectivity index (χ4n) is 2.44. The highest BCUT2D eigenvalue weighted by Crippen LogP contribution is 2.18. The molecule has 0 bridgehead atoms. The SMILES string of the molecule is C=COCCCNC1CCN(c2ccncc2)CC1. The molecule has 0 aromatic carbocycles. The molecule has 0 spiro atoms. The Balaban J connectivity index is 1.64. The van der Waals surface area contributed by atoms with Crippen LogP contribution >= 0.6 is 0 Å². The van der Waals surface area contributed by atoms with E-state index in [2.05, 4.69) is 33.9 Å². The average Bonchev–Trinajstić information content (AvgIpc) is 2.49. The summed E-state index contributed by atoms with van der Waals surface area (Å²) in [6, 6.07) is 4.81. The molecule has 2 rings (SSSR count). The molecule has 0 radical (unpaired) electrons. The number of piperidine rings is 1. The molecule has 0 unspecified atom stereocenters. The van der Waals surface area contributed by atoms with Gasteiger partial charge >= 0.3 is 0 Å². The van der Waals surface area contributed by atoms with Gasteiger partial charge in [-0.3, -0.25) is 4.98 Å². The summed E-state index contributed by atoms with van der Waals surface area (Å²) in [5.41, 5.74) is 1.29. The Morgan fingerprint density at radius 3 is 2.79 bits per heavy atom. The van der Waals surface area contributed by atoms with Crippen molar-refractivity contribution < 1.29 is 4.74 Å². The number of hydrogen-bond donors (Lipinski definition) is 1. The maximum Gasteiger partial charge on any atom is 0.0885 e. The molecule has 4 nitrogen and oxygen atoms in total. The molecule has 2 heterocycles. The van der Waals surface area contributed by atoms with Crippen LogP contribution < -0.4 is 10.2 Å². The third-order valence-corrected chi connectivity index (χ3v) is 3.51. The van der Waals surface area contributed by atoms with Gasteiger partial charge in [0.1, 0.15) is 0 Å². The van der Waals surface area contributed by atoms with Gasteiger partial charge in [0.05, 0.1) is 12.9 Å². The lowest BCUT2D eigenvalue weighted by Gasteiger charge is -2.34. The summed E-state index contributed by atoms with van der Waals surface area (Å²) in [7, 11) is 0. The number of ether oxygens (including phenoxy) is 1. The molecule has 0 amide bonds. The summed E-state index contributed by atoms with van der Waals surface area (Å²) in [5, 5.41) is 3.60. The van der Waals surface area contributed by atoms with Crippen LogP contribution in [0.4, 0.5) is 5.69 Å². The quantitative estimate of drug-likeness (QED) is 0.603. The molecule has 104 valence electrons. The Kier molecular flexibility index (Phi) is 5.69. The van der Waals surface area contributed by atoms with Crippen molar-refractivity contribution in [2.45, 2.75) is 25.3 Å². The molecule has 0 atom stereocenters. The first kappa shape index (κ1) is 13.9. The first-order chi connectivity index (χ1) is 9.40. The van der Waals surface area contributed by atoms with E-state index in [0.29, 0.717) is 6.04 Å². The maximum absolute atomic E-state index is 5.11. The van der Waals surface area contributed by atoms with E-state index >= 15 is 0 Å². The molecule has 1 N–H and O–H groups in total. The highest BCUT2D eigenvalue weighted by molar-refractivity contribution is 5.44. The van der Waals surface area contributed by atoms with E-state index in [0.717, 1.165) is 32.7 Å². The Hall–Kier alpha value is -1.55. The Labute approximate surface area is 115 Å². The molecule has 0 aliphatic carbocycles. The second-order valence-corrected chi connectivity index (χ2v) is 4.81. The van der Waals surface area contributed by atoms with E-state index in [4.69, 9.17) is 4.74 Å². The normalized spacial score (nSPS) is 16.3. The predicted molar refractivity (Wildman–Crippen MR) is 78.2 cm³/mol. The standard InChI is InChI=1S/C15H23N3O/c1-2-19-13-3-8-17-14-6-11-18(12-7-14)15-4-9-16-10-5-15/h2,4-5,9-10,14,17H,1,3,6-8,11-13H2. The number of hydrogen-bond acceptors (Lipinski definition) is 4. The molecule has 1 aliphatic heterocycles. The van der Waals surface area contributed by atoms with E-state index in [1.54, 1.807) is 0 Å². The van der Waals surface area contributed by atoms with Gasteiger partial charge in [0, 0.05) is 37.2 Å². The number of pyridine rings is 1. The van der Waals surface area contributed by atoms with Crippen LogP contribution in [0.2, 0.25) is 0 Å². The monoisotopic (exact) mass is 261 g/mol. The molecule has 19 heavy (non-hydrogen) atoms. The minimum absolute atomic E-state index is 0.641. The van der Waals surface area contributed by atoms with E-state index < -0.39 is 0 Å². The first-order valence-corrected chi connectivity index (χ1v) is 7.01. The van der Waals surface area contributed by atoms with Crippen molar-refractivity contribution in [3.8, 4) is 0 Å². The number of nitrogens with one attached hydrogen (secondary N) is 1. The summed E-state index contributed by atoms with van der Waals surface area (Å²) in [6.45, 7) is 7.54. The van der Waals surface area contributed by atoms with Gasteiger partial charge in [-0.1, -0.05) is 6.58 Å². The average molecular weight is 261 g/mol. The van der Waals surface area contributed by atoms with Gasteiger partial charge in [0.2, 0.25) is 0 Å². The molecule has 1 aliphatic rings. The number of aromatic nitrogens is 1. The minimum atomic E-state index is 0.641. The third kappa shape index (κ3) is 4.56. The van der Waals surface area contributed by atoms with Crippen LogP contribution in [0, 0.1) is 0 Å². The van der Waals surface area contributed by atoms with Gasteiger partial charge in [-0.25, -0.2) is 0 Å². The molecule has 0 saturated carbocycles. The lowest BCUT2D eigenvalue weighted by Crippen LogP contribution is -2.43. The van der Waals surface area contributed by atoms with Crippen LogP contribution in [0.25, 0.3) is 0 Å². The van der Waals surface area contributed by atoms with Crippen molar-refractivity contribution in [2.75, 3.05) is 31.1 Å². The molecule has 4 heteroatoms. The summed E-state index contributed by atoms with van der Waals surface area (Å²) in [4.78, 5) is 6.49. The van der Waals surface area contributed by atoms with Crippen LogP contribution in [0.15, 0.2) is 37.4 Å². The Bertz CT molecular complexity index is 361. The Morgan fingerprint density at radius 2 is 2.11 bits per heavy atom. The summed E-state index contributed by atoms with van der Waals surface area (Å²) >= 11 is 0. The topological polar surface area (TPSA) is 37.4 Å². The number of nitrogens with zero attached hydrogens (tertiary/aromatic N) is 2. The van der Waals surface area contributed by atoms with E-state index in [9.17, 15) is 0 Å². The molecule has 1 aromatic rings. The zero-order chi connectivity index (χ0) is 13.3. The second-order valence-electron chi connectivity index (χ2n) is 4.81. The Morgan fingerprint density at radius 1 is 1.37 bits per heavy atom. The molecule has 1 aromatic heterocycles. The number of rotatable bonds is 7. The maximum atomic E-state index is 5.11. The second kappa shape index (κ2) is 7.79. The van der Waals surface area contributed by atoms with Crippen LogP contribution in [0.1, 0.15) is 19.3 Å². The summed E-state index contributed by atoms with van der Waals surface area (Å²) < 4.78 is 5.11. The van der Waals surface area contributed by atoms with Gasteiger partial charge in [0.25, 0.3) is 0 Å². The van der Waals surface area contributed by atoms with Gasteiger partial charge in [-0.15, -0.1) is 0 Å². The third-order valence-electron chi connectivity index (χ3n) is 3.51. The zero-order valence-electron chi connectivity index (χ0n) is 11.4. The molecular formula is C15H23N3O. The van der Waals surface area contributed by atoms with Crippen LogP contribution in [-0.2, 0) is 4.74 Å². The van der Waals surface area contributed by atoms with E-state index in [1.807, 2.05) is 12.4 Å². The van der Waals surface area contributed by atoms with Gasteiger partial charge in [-0.05, 0) is 37.9 Å². The first-order valence-electron chi connectivity index (χ1n) is 7.01. The van der Waals surface area contributed by atoms with Crippen molar-refractivity contribution in [2.24, 2.45) is 0 Å². The lowest BCUT2D eigenvalue weighted by molar-refractivity contribution is 0.241. The molecule has 1 fully saturated rings. The number of anilines is 1. The largest absolute Gasteiger partial charge is 0.502 e. The van der Waals surface area contributed by atoms with Crippen molar-refractivity contribution >= 4 is 5.69 Å². The van der Waals surface area contributed by atoms with Gasteiger partial charge < -0.3 is 15.0 Å². The van der Waals surface area contributed by atoms with Crippen LogP contribution in [0.3, 0.4) is 0 Å². The molecular weight excluding hydrogens is 238 g/mol. The van der Waals surface area contributed by atoms with Gasteiger partial charge in [0.15, 0.2) is 0 Å².